The molecule has 0 saturated carbocycles. The first-order chi connectivity index (χ1) is 9.16. The normalized spacial score (nSPS) is 16.9. The zero-order valence-corrected chi connectivity index (χ0v) is 11.1. The monoisotopic (exact) mass is 284 g/mol. The molecule has 0 radical (unpaired) electrons. The first-order valence-electron chi connectivity index (χ1n) is 6.09. The van der Waals surface area contributed by atoms with Gasteiger partial charge in [0.1, 0.15) is 0 Å². The summed E-state index contributed by atoms with van der Waals surface area (Å²) in [6, 6.07) is 5.82. The van der Waals surface area contributed by atoms with E-state index >= 15 is 0 Å². The third kappa shape index (κ3) is 2.25. The molecular weight excluding hydrogens is 269 g/mol. The van der Waals surface area contributed by atoms with E-state index in [1.807, 2.05) is 0 Å². The van der Waals surface area contributed by atoms with Gasteiger partial charge in [-0.15, -0.1) is 0 Å². The Bertz CT molecular complexity index is 640. The smallest absolute Gasteiger partial charge is 0.375 e. The first-order valence-corrected chi connectivity index (χ1v) is 6.09. The molecule has 2 aromatic rings. The number of halogens is 3. The van der Waals surface area contributed by atoms with E-state index in [9.17, 15) is 18.3 Å². The Labute approximate surface area is 114 Å². The van der Waals surface area contributed by atoms with Gasteiger partial charge in [-0.2, -0.15) is 13.2 Å². The molecule has 0 aliphatic carbocycles. The van der Waals surface area contributed by atoms with Crippen LogP contribution in [-0.2, 0) is 5.60 Å². The number of alkyl halides is 3. The zero-order chi connectivity index (χ0) is 15.1. The minimum absolute atomic E-state index is 0.279. The van der Waals surface area contributed by atoms with Crippen molar-refractivity contribution in [3.05, 3.63) is 41.6 Å². The molecule has 3 N–H and O–H groups in total. The minimum Gasteiger partial charge on any atom is -0.375 e. The Morgan fingerprint density at radius 1 is 1.20 bits per heavy atom. The lowest BCUT2D eigenvalue weighted by Gasteiger charge is -2.34. The lowest BCUT2D eigenvalue weighted by Crippen LogP contribution is -2.54. The van der Waals surface area contributed by atoms with Crippen LogP contribution in [0, 0.1) is 6.92 Å². The molecule has 2 unspecified atom stereocenters. The summed E-state index contributed by atoms with van der Waals surface area (Å²) in [4.78, 5) is 4.21. The summed E-state index contributed by atoms with van der Waals surface area (Å²) in [7, 11) is 0. The summed E-state index contributed by atoms with van der Waals surface area (Å²) in [5.41, 5.74) is 3.35. The highest BCUT2D eigenvalue weighted by Gasteiger charge is 2.57. The number of nitrogens with two attached hydrogens (primary N) is 1. The van der Waals surface area contributed by atoms with Crippen molar-refractivity contribution in [3.63, 3.8) is 0 Å². The largest absolute Gasteiger partial charge is 0.422 e. The molecule has 0 fully saturated rings. The van der Waals surface area contributed by atoms with Gasteiger partial charge in [-0.3, -0.25) is 4.98 Å². The molecule has 0 aliphatic heterocycles. The van der Waals surface area contributed by atoms with E-state index in [1.165, 1.54) is 18.2 Å². The van der Waals surface area contributed by atoms with E-state index < -0.39 is 17.8 Å². The van der Waals surface area contributed by atoms with Crippen LogP contribution < -0.4 is 5.73 Å². The maximum Gasteiger partial charge on any atom is 0.422 e. The Balaban J connectivity index is 2.64. The molecule has 20 heavy (non-hydrogen) atoms. The van der Waals surface area contributed by atoms with Gasteiger partial charge in [0, 0.05) is 17.1 Å². The summed E-state index contributed by atoms with van der Waals surface area (Å²) >= 11 is 0. The second kappa shape index (κ2) is 4.71. The Hall–Kier alpha value is -1.66. The van der Waals surface area contributed by atoms with Crippen LogP contribution in [0.15, 0.2) is 30.3 Å². The fourth-order valence-corrected chi connectivity index (χ4v) is 2.15. The van der Waals surface area contributed by atoms with E-state index in [0.29, 0.717) is 10.9 Å². The van der Waals surface area contributed by atoms with Crippen molar-refractivity contribution in [2.45, 2.75) is 31.7 Å². The summed E-state index contributed by atoms with van der Waals surface area (Å²) in [6.45, 7) is 2.92. The molecule has 2 rings (SSSR count). The van der Waals surface area contributed by atoms with Gasteiger partial charge in [0.15, 0.2) is 0 Å². The topological polar surface area (TPSA) is 59.1 Å². The number of rotatable bonds is 2. The molecule has 0 saturated heterocycles. The van der Waals surface area contributed by atoms with Gasteiger partial charge < -0.3 is 10.8 Å². The summed E-state index contributed by atoms with van der Waals surface area (Å²) < 4.78 is 39.5. The molecular formula is C14H15F3N2O. The molecule has 6 heteroatoms. The van der Waals surface area contributed by atoms with Crippen LogP contribution in [0.4, 0.5) is 13.2 Å². The lowest BCUT2D eigenvalue weighted by atomic mass is 9.86. The number of benzene rings is 1. The van der Waals surface area contributed by atoms with Crippen molar-refractivity contribution >= 4 is 10.9 Å². The quantitative estimate of drug-likeness (QED) is 0.891. The van der Waals surface area contributed by atoms with E-state index in [0.717, 1.165) is 12.6 Å². The van der Waals surface area contributed by atoms with Gasteiger partial charge in [-0.1, -0.05) is 12.1 Å². The number of aliphatic hydroxyl groups is 1. The van der Waals surface area contributed by atoms with Gasteiger partial charge in [-0.05, 0) is 37.6 Å². The van der Waals surface area contributed by atoms with E-state index in [2.05, 4.69) is 4.98 Å². The van der Waals surface area contributed by atoms with E-state index in [1.54, 1.807) is 19.1 Å². The molecule has 0 spiro atoms. The third-order valence-corrected chi connectivity index (χ3v) is 3.36. The van der Waals surface area contributed by atoms with Crippen molar-refractivity contribution in [3.8, 4) is 0 Å². The van der Waals surface area contributed by atoms with E-state index in [4.69, 9.17) is 5.73 Å². The van der Waals surface area contributed by atoms with Crippen LogP contribution in [0.2, 0.25) is 0 Å². The number of nitrogens with zero attached hydrogens (tertiary/aromatic N) is 1. The molecule has 0 aliphatic rings. The Morgan fingerprint density at radius 3 is 2.40 bits per heavy atom. The number of hydrogen-bond acceptors (Lipinski definition) is 3. The van der Waals surface area contributed by atoms with Crippen molar-refractivity contribution in [1.82, 2.24) is 4.98 Å². The fourth-order valence-electron chi connectivity index (χ4n) is 2.15. The molecule has 0 bridgehead atoms. The van der Waals surface area contributed by atoms with Gasteiger partial charge in [-0.25, -0.2) is 0 Å². The number of pyridine rings is 1. The fraction of sp³-hybridized carbons (Fsp3) is 0.357. The number of aryl methyl sites for hydroxylation is 1. The SMILES string of the molecule is Cc1ccc2cc(C(O)(C(C)N)C(F)(F)F)ccc2n1. The Morgan fingerprint density at radius 2 is 1.85 bits per heavy atom. The molecule has 108 valence electrons. The van der Waals surface area contributed by atoms with Crippen LogP contribution in [-0.4, -0.2) is 22.3 Å². The van der Waals surface area contributed by atoms with Crippen LogP contribution >= 0.6 is 0 Å². The standard InChI is InChI=1S/C14H15F3N2O/c1-8-3-4-10-7-11(5-6-12(10)19-8)13(20,9(2)18)14(15,16)17/h3-7,9,20H,18H2,1-2H3. The van der Waals surface area contributed by atoms with Crippen LogP contribution in [0.25, 0.3) is 10.9 Å². The summed E-state index contributed by atoms with van der Waals surface area (Å²) in [6.07, 6.45) is -4.85. The highest BCUT2D eigenvalue weighted by atomic mass is 19.4. The maximum atomic E-state index is 13.2. The predicted octanol–water partition coefficient (Wildman–Crippen LogP) is 2.64. The average molecular weight is 284 g/mol. The minimum atomic E-state index is -4.85. The predicted molar refractivity (Wildman–Crippen MR) is 70.1 cm³/mol. The van der Waals surface area contributed by atoms with Gasteiger partial charge in [0.25, 0.3) is 0 Å². The second-order valence-corrected chi connectivity index (χ2v) is 4.91. The van der Waals surface area contributed by atoms with Gasteiger partial charge >= 0.3 is 6.18 Å². The number of fused-ring (bicyclic) bond motifs is 1. The second-order valence-electron chi connectivity index (χ2n) is 4.91. The van der Waals surface area contributed by atoms with Crippen molar-refractivity contribution in [1.29, 1.82) is 0 Å². The van der Waals surface area contributed by atoms with Crippen molar-refractivity contribution in [2.75, 3.05) is 0 Å². The molecule has 1 aromatic heterocycles. The Kier molecular flexibility index (Phi) is 3.47. The highest BCUT2D eigenvalue weighted by molar-refractivity contribution is 5.79. The number of aromatic nitrogens is 1. The average Bonchev–Trinajstić information content (AvgIpc) is 2.35. The number of hydrogen-bond donors (Lipinski definition) is 2. The maximum absolute atomic E-state index is 13.2. The zero-order valence-electron chi connectivity index (χ0n) is 11.1. The van der Waals surface area contributed by atoms with Crippen LogP contribution in [0.3, 0.4) is 0 Å². The highest BCUT2D eigenvalue weighted by Crippen LogP contribution is 2.41. The lowest BCUT2D eigenvalue weighted by molar-refractivity contribution is -0.272. The first kappa shape index (κ1) is 14.7. The van der Waals surface area contributed by atoms with E-state index in [-0.39, 0.29) is 5.56 Å². The van der Waals surface area contributed by atoms with Crippen molar-refractivity contribution in [2.24, 2.45) is 5.73 Å². The molecule has 0 amide bonds. The summed E-state index contributed by atoms with van der Waals surface area (Å²) in [5.74, 6) is 0. The molecule has 1 aromatic carbocycles. The van der Waals surface area contributed by atoms with Gasteiger partial charge in [0.05, 0.1) is 5.52 Å². The van der Waals surface area contributed by atoms with Gasteiger partial charge in [0.2, 0.25) is 5.60 Å². The van der Waals surface area contributed by atoms with Crippen LogP contribution in [0.1, 0.15) is 18.2 Å². The third-order valence-electron chi connectivity index (χ3n) is 3.36. The molecule has 3 nitrogen and oxygen atoms in total. The summed E-state index contributed by atoms with van der Waals surface area (Å²) in [5, 5.41) is 10.6. The van der Waals surface area contributed by atoms with Crippen molar-refractivity contribution < 1.29 is 18.3 Å². The molecule has 1 heterocycles. The van der Waals surface area contributed by atoms with Crippen LogP contribution in [0.5, 0.6) is 0 Å². The molecule has 2 atom stereocenters.